The van der Waals surface area contributed by atoms with Crippen LogP contribution in [-0.4, -0.2) is 40.5 Å². The molecule has 0 aliphatic rings. The van der Waals surface area contributed by atoms with Crippen molar-refractivity contribution in [3.8, 4) is 0 Å². The molecule has 20 heavy (non-hydrogen) atoms. The summed E-state index contributed by atoms with van der Waals surface area (Å²) < 4.78 is 4.78. The number of ether oxygens (including phenoxy) is 1. The average molecular weight is 279 g/mol. The van der Waals surface area contributed by atoms with Gasteiger partial charge in [-0.2, -0.15) is 0 Å². The molecule has 1 aromatic heterocycles. The molecule has 1 aromatic rings. The van der Waals surface area contributed by atoms with E-state index in [1.165, 1.54) is 4.90 Å². The summed E-state index contributed by atoms with van der Waals surface area (Å²) in [5.74, 6) is -1.16. The fourth-order valence-corrected chi connectivity index (χ4v) is 1.69. The van der Waals surface area contributed by atoms with Gasteiger partial charge in [-0.1, -0.05) is 6.07 Å². The predicted octanol–water partition coefficient (Wildman–Crippen LogP) is 0.709. The van der Waals surface area contributed by atoms with Gasteiger partial charge in [-0.3, -0.25) is 9.78 Å². The number of hydrogen-bond acceptors (Lipinski definition) is 5. The number of carbonyl (C=O) groups excluding carboxylic acids is 2. The second-order valence-corrected chi connectivity index (χ2v) is 4.61. The molecule has 0 aliphatic carbocycles. The van der Waals surface area contributed by atoms with Gasteiger partial charge in [0, 0.05) is 12.2 Å². The lowest BCUT2D eigenvalue weighted by Crippen LogP contribution is -2.50. The predicted molar refractivity (Wildman–Crippen MR) is 74.5 cm³/mol. The van der Waals surface area contributed by atoms with E-state index < -0.39 is 17.9 Å². The highest BCUT2D eigenvalue weighted by Crippen LogP contribution is 2.08. The van der Waals surface area contributed by atoms with Crippen LogP contribution in [0.3, 0.4) is 0 Å². The van der Waals surface area contributed by atoms with Crippen molar-refractivity contribution in [3.05, 3.63) is 30.1 Å². The van der Waals surface area contributed by atoms with Crippen LogP contribution in [0.1, 0.15) is 26.5 Å². The van der Waals surface area contributed by atoms with Crippen LogP contribution in [0.15, 0.2) is 24.4 Å². The van der Waals surface area contributed by atoms with E-state index in [1.54, 1.807) is 19.2 Å². The number of hydrogen-bond donors (Lipinski definition) is 1. The second kappa shape index (κ2) is 7.59. The van der Waals surface area contributed by atoms with Gasteiger partial charge in [-0.25, -0.2) is 4.79 Å². The summed E-state index contributed by atoms with van der Waals surface area (Å²) in [6, 6.07) is 4.08. The highest BCUT2D eigenvalue weighted by Gasteiger charge is 2.29. The molecule has 0 fully saturated rings. The van der Waals surface area contributed by atoms with Crippen LogP contribution >= 0.6 is 0 Å². The van der Waals surface area contributed by atoms with Gasteiger partial charge < -0.3 is 15.4 Å². The molecule has 1 atom stereocenters. The Kier molecular flexibility index (Phi) is 6.11. The van der Waals surface area contributed by atoms with Crippen molar-refractivity contribution in [3.63, 3.8) is 0 Å². The zero-order chi connectivity index (χ0) is 15.1. The molecule has 2 N–H and O–H groups in total. The lowest BCUT2D eigenvalue weighted by Gasteiger charge is -2.28. The van der Waals surface area contributed by atoms with Crippen LogP contribution < -0.4 is 5.73 Å². The molecule has 0 spiro atoms. The monoisotopic (exact) mass is 279 g/mol. The van der Waals surface area contributed by atoms with Gasteiger partial charge in [0.15, 0.2) is 6.04 Å². The fourth-order valence-electron chi connectivity index (χ4n) is 1.69. The van der Waals surface area contributed by atoms with E-state index in [0.717, 1.165) is 5.69 Å². The third kappa shape index (κ3) is 4.31. The van der Waals surface area contributed by atoms with Gasteiger partial charge in [0.2, 0.25) is 0 Å². The normalized spacial score (nSPS) is 12.1. The van der Waals surface area contributed by atoms with E-state index >= 15 is 0 Å². The molecule has 0 aromatic carbocycles. The Morgan fingerprint density at radius 3 is 2.60 bits per heavy atom. The number of rotatable bonds is 6. The molecule has 6 heteroatoms. The van der Waals surface area contributed by atoms with E-state index in [9.17, 15) is 9.59 Å². The Labute approximate surface area is 118 Å². The molecule has 0 radical (unpaired) electrons. The number of nitrogens with zero attached hydrogens (tertiary/aromatic N) is 2. The van der Waals surface area contributed by atoms with Crippen LogP contribution in [-0.2, 0) is 20.9 Å². The van der Waals surface area contributed by atoms with Crippen molar-refractivity contribution in [2.24, 2.45) is 5.73 Å². The molecular weight excluding hydrogens is 258 g/mol. The molecule has 1 amide bonds. The number of esters is 1. The Balaban J connectivity index is 2.80. The van der Waals surface area contributed by atoms with Gasteiger partial charge in [0.1, 0.15) is 0 Å². The van der Waals surface area contributed by atoms with Crippen LogP contribution in [0.25, 0.3) is 0 Å². The Hall–Kier alpha value is -1.95. The van der Waals surface area contributed by atoms with E-state index in [4.69, 9.17) is 10.5 Å². The average Bonchev–Trinajstić information content (AvgIpc) is 2.44. The highest BCUT2D eigenvalue weighted by atomic mass is 16.5. The minimum atomic E-state index is -1.29. The van der Waals surface area contributed by atoms with Crippen molar-refractivity contribution in [2.75, 3.05) is 6.61 Å². The quantitative estimate of drug-likeness (QED) is 0.612. The third-order valence-corrected chi connectivity index (χ3v) is 2.77. The molecule has 1 unspecified atom stereocenters. The highest BCUT2D eigenvalue weighted by molar-refractivity contribution is 6.01. The Morgan fingerprint density at radius 1 is 1.40 bits per heavy atom. The number of aromatic nitrogens is 1. The SMILES string of the molecule is CCOC(=O)C(N)C(=O)N(Cc1ccccn1)C(C)C. The Morgan fingerprint density at radius 2 is 2.10 bits per heavy atom. The topological polar surface area (TPSA) is 85.5 Å². The maximum Gasteiger partial charge on any atom is 0.332 e. The standard InChI is InChI=1S/C14H21N3O3/c1-4-20-14(19)12(15)13(18)17(10(2)3)9-11-7-5-6-8-16-11/h5-8,10,12H,4,9,15H2,1-3H3. The summed E-state index contributed by atoms with van der Waals surface area (Å²) in [7, 11) is 0. The van der Waals surface area contributed by atoms with Crippen LogP contribution in [0, 0.1) is 0 Å². The number of amides is 1. The van der Waals surface area contributed by atoms with E-state index in [0.29, 0.717) is 6.54 Å². The van der Waals surface area contributed by atoms with Crippen molar-refractivity contribution < 1.29 is 14.3 Å². The van der Waals surface area contributed by atoms with E-state index in [1.807, 2.05) is 26.0 Å². The van der Waals surface area contributed by atoms with Gasteiger partial charge in [0.25, 0.3) is 5.91 Å². The van der Waals surface area contributed by atoms with Crippen LogP contribution in [0.5, 0.6) is 0 Å². The molecule has 1 rings (SSSR count). The first kappa shape index (κ1) is 16.1. The van der Waals surface area contributed by atoms with E-state index in [-0.39, 0.29) is 12.6 Å². The third-order valence-electron chi connectivity index (χ3n) is 2.77. The minimum absolute atomic E-state index is 0.0926. The summed E-state index contributed by atoms with van der Waals surface area (Å²) >= 11 is 0. The summed E-state index contributed by atoms with van der Waals surface area (Å²) in [5, 5.41) is 0. The zero-order valence-electron chi connectivity index (χ0n) is 12.1. The molecule has 6 nitrogen and oxygen atoms in total. The summed E-state index contributed by atoms with van der Waals surface area (Å²) in [4.78, 5) is 29.5. The molecule has 0 saturated carbocycles. The van der Waals surface area contributed by atoms with Gasteiger partial charge in [-0.05, 0) is 32.9 Å². The van der Waals surface area contributed by atoms with Gasteiger partial charge >= 0.3 is 5.97 Å². The molecular formula is C14H21N3O3. The number of pyridine rings is 1. The molecule has 0 saturated heterocycles. The lowest BCUT2D eigenvalue weighted by atomic mass is 10.2. The molecule has 0 aliphatic heterocycles. The summed E-state index contributed by atoms with van der Waals surface area (Å²) in [6.07, 6.45) is 1.66. The summed E-state index contributed by atoms with van der Waals surface area (Å²) in [6.45, 7) is 5.90. The number of carbonyl (C=O) groups is 2. The Bertz CT molecular complexity index is 448. The fraction of sp³-hybridized carbons (Fsp3) is 0.500. The summed E-state index contributed by atoms with van der Waals surface area (Å²) in [5.41, 5.74) is 6.39. The van der Waals surface area contributed by atoms with Crippen LogP contribution in [0.4, 0.5) is 0 Å². The first-order valence-corrected chi connectivity index (χ1v) is 6.60. The minimum Gasteiger partial charge on any atom is -0.464 e. The maximum absolute atomic E-state index is 12.3. The first-order valence-electron chi connectivity index (χ1n) is 6.60. The van der Waals surface area contributed by atoms with Crippen molar-refractivity contribution in [1.82, 2.24) is 9.88 Å². The largest absolute Gasteiger partial charge is 0.464 e. The lowest BCUT2D eigenvalue weighted by molar-refractivity contribution is -0.151. The maximum atomic E-state index is 12.3. The molecule has 0 bridgehead atoms. The van der Waals surface area contributed by atoms with Crippen molar-refractivity contribution in [2.45, 2.75) is 39.4 Å². The van der Waals surface area contributed by atoms with Crippen molar-refractivity contribution >= 4 is 11.9 Å². The van der Waals surface area contributed by atoms with Gasteiger partial charge in [0.05, 0.1) is 18.8 Å². The molecule has 110 valence electrons. The zero-order valence-corrected chi connectivity index (χ0v) is 12.1. The van der Waals surface area contributed by atoms with Crippen LogP contribution in [0.2, 0.25) is 0 Å². The second-order valence-electron chi connectivity index (χ2n) is 4.61. The van der Waals surface area contributed by atoms with Gasteiger partial charge in [-0.15, -0.1) is 0 Å². The number of nitrogens with two attached hydrogens (primary N) is 1. The molecule has 1 heterocycles. The first-order chi connectivity index (χ1) is 9.47. The van der Waals surface area contributed by atoms with Crippen molar-refractivity contribution in [1.29, 1.82) is 0 Å². The van der Waals surface area contributed by atoms with E-state index in [2.05, 4.69) is 4.98 Å². The smallest absolute Gasteiger partial charge is 0.332 e.